The fourth-order valence-electron chi connectivity index (χ4n) is 3.84. The molecule has 0 fully saturated rings. The summed E-state index contributed by atoms with van der Waals surface area (Å²) in [5.74, 6) is 0.683. The van der Waals surface area contributed by atoms with Crippen LogP contribution < -0.4 is 20.2 Å². The lowest BCUT2D eigenvalue weighted by Gasteiger charge is -2.10. The lowest BCUT2D eigenvalue weighted by atomic mass is 10.1. The average molecular weight is 445 g/mol. The minimum Gasteiger partial charge on any atom is -0.495 e. The Balaban J connectivity index is 1.64. The lowest BCUT2D eigenvalue weighted by molar-refractivity contribution is 0.402. The zero-order chi connectivity index (χ0) is 21.8. The van der Waals surface area contributed by atoms with Crippen LogP contribution in [0.2, 0.25) is 0 Å². The molecule has 8 nitrogen and oxygen atoms in total. The van der Waals surface area contributed by atoms with Gasteiger partial charge in [-0.15, -0.1) is 0 Å². The number of ether oxygens (including phenoxy) is 2. The molecule has 6 aromatic rings. The van der Waals surface area contributed by atoms with Gasteiger partial charge in [0.2, 0.25) is 16.9 Å². The molecule has 158 valence electrons. The minimum atomic E-state index is -0.264. The number of anilines is 2. The molecule has 0 saturated carbocycles. The first kappa shape index (κ1) is 18.6. The quantitative estimate of drug-likeness (QED) is 0.357. The van der Waals surface area contributed by atoms with Gasteiger partial charge in [0, 0.05) is 5.69 Å². The number of benzene rings is 2. The molecule has 0 atom stereocenters. The van der Waals surface area contributed by atoms with E-state index in [9.17, 15) is 4.79 Å². The molecule has 0 aliphatic heterocycles. The molecule has 9 heteroatoms. The zero-order valence-electron chi connectivity index (χ0n) is 17.0. The van der Waals surface area contributed by atoms with E-state index in [1.54, 1.807) is 12.1 Å². The summed E-state index contributed by atoms with van der Waals surface area (Å²) in [6, 6.07) is 13.2. The smallest absolute Gasteiger partial charge is 0.232 e. The Hall–Kier alpha value is -4.11. The highest BCUT2D eigenvalue weighted by Crippen LogP contribution is 2.43. The SMILES string of the molecule is COc1c2occc2c(OC)c2c(=O)c3cc4sc(Nc5ccccc5)nc4nc3oc12. The van der Waals surface area contributed by atoms with Crippen molar-refractivity contribution in [1.29, 1.82) is 0 Å². The Morgan fingerprint density at radius 2 is 1.78 bits per heavy atom. The predicted octanol–water partition coefficient (Wildman–Crippen LogP) is 5.46. The second kappa shape index (κ2) is 6.96. The number of fused-ring (bicyclic) bond motifs is 4. The summed E-state index contributed by atoms with van der Waals surface area (Å²) in [5, 5.41) is 5.16. The van der Waals surface area contributed by atoms with Gasteiger partial charge in [-0.2, -0.15) is 9.97 Å². The topological polar surface area (TPSA) is 99.6 Å². The number of hydrogen-bond acceptors (Lipinski definition) is 9. The molecule has 0 amide bonds. The molecule has 32 heavy (non-hydrogen) atoms. The molecule has 0 radical (unpaired) electrons. The number of para-hydroxylation sites is 1. The van der Waals surface area contributed by atoms with Crippen LogP contribution in [0.5, 0.6) is 11.5 Å². The molecule has 0 unspecified atom stereocenters. The number of thiazole rings is 1. The molecule has 0 aliphatic rings. The van der Waals surface area contributed by atoms with E-state index in [2.05, 4.69) is 15.3 Å². The summed E-state index contributed by atoms with van der Waals surface area (Å²) in [7, 11) is 3.00. The Morgan fingerprint density at radius 3 is 2.56 bits per heavy atom. The van der Waals surface area contributed by atoms with Gasteiger partial charge in [0.25, 0.3) is 0 Å². The van der Waals surface area contributed by atoms with Crippen molar-refractivity contribution in [2.24, 2.45) is 0 Å². The van der Waals surface area contributed by atoms with Crippen molar-refractivity contribution >= 4 is 65.5 Å². The highest BCUT2D eigenvalue weighted by Gasteiger charge is 2.24. The molecular formula is C23H15N3O5S. The average Bonchev–Trinajstić information content (AvgIpc) is 3.43. The molecule has 6 rings (SSSR count). The van der Waals surface area contributed by atoms with Crippen molar-refractivity contribution in [2.75, 3.05) is 19.5 Å². The number of nitrogens with one attached hydrogen (secondary N) is 1. The van der Waals surface area contributed by atoms with Crippen molar-refractivity contribution < 1.29 is 18.3 Å². The fourth-order valence-corrected chi connectivity index (χ4v) is 4.71. The number of pyridine rings is 1. The van der Waals surface area contributed by atoms with E-state index in [0.29, 0.717) is 38.6 Å². The molecule has 0 aliphatic carbocycles. The first-order valence-electron chi connectivity index (χ1n) is 9.69. The van der Waals surface area contributed by atoms with Gasteiger partial charge in [-0.3, -0.25) is 4.79 Å². The third-order valence-electron chi connectivity index (χ3n) is 5.23. The minimum absolute atomic E-state index is 0.165. The maximum absolute atomic E-state index is 13.5. The van der Waals surface area contributed by atoms with E-state index in [1.165, 1.54) is 31.8 Å². The maximum atomic E-state index is 13.5. The third kappa shape index (κ3) is 2.64. The number of rotatable bonds is 4. The molecule has 0 saturated heterocycles. The summed E-state index contributed by atoms with van der Waals surface area (Å²) < 4.78 is 23.5. The summed E-state index contributed by atoms with van der Waals surface area (Å²) in [4.78, 5) is 22.6. The zero-order valence-corrected chi connectivity index (χ0v) is 17.8. The monoisotopic (exact) mass is 445 g/mol. The van der Waals surface area contributed by atoms with E-state index in [4.69, 9.17) is 18.3 Å². The molecular weight excluding hydrogens is 430 g/mol. The highest BCUT2D eigenvalue weighted by atomic mass is 32.1. The van der Waals surface area contributed by atoms with Crippen LogP contribution in [0, 0.1) is 0 Å². The van der Waals surface area contributed by atoms with Gasteiger partial charge < -0.3 is 23.6 Å². The van der Waals surface area contributed by atoms with Crippen LogP contribution in [-0.4, -0.2) is 24.2 Å². The number of furan rings is 1. The Bertz CT molecular complexity index is 1700. The van der Waals surface area contributed by atoms with Crippen molar-refractivity contribution in [1.82, 2.24) is 9.97 Å². The fraction of sp³-hybridized carbons (Fsp3) is 0.0870. The maximum Gasteiger partial charge on any atom is 0.232 e. The van der Waals surface area contributed by atoms with Gasteiger partial charge >= 0.3 is 0 Å². The Labute approximate surface area is 184 Å². The summed E-state index contributed by atoms with van der Waals surface area (Å²) >= 11 is 1.41. The highest BCUT2D eigenvalue weighted by molar-refractivity contribution is 7.22. The molecule has 4 heterocycles. The first-order valence-corrected chi connectivity index (χ1v) is 10.5. The van der Waals surface area contributed by atoms with Crippen LogP contribution in [0.15, 0.2) is 62.4 Å². The van der Waals surface area contributed by atoms with E-state index < -0.39 is 0 Å². The van der Waals surface area contributed by atoms with Crippen molar-refractivity contribution in [3.05, 3.63) is 59.0 Å². The summed E-state index contributed by atoms with van der Waals surface area (Å²) in [5.41, 5.74) is 1.94. The molecule has 4 aromatic heterocycles. The van der Waals surface area contributed by atoms with Crippen LogP contribution in [0.3, 0.4) is 0 Å². The van der Waals surface area contributed by atoms with Crippen LogP contribution in [0.1, 0.15) is 0 Å². The van der Waals surface area contributed by atoms with Gasteiger partial charge in [-0.25, -0.2) is 0 Å². The number of nitrogens with zero attached hydrogens (tertiary/aromatic N) is 2. The first-order chi connectivity index (χ1) is 15.7. The van der Waals surface area contributed by atoms with Crippen molar-refractivity contribution in [2.45, 2.75) is 0 Å². The molecule has 0 spiro atoms. The van der Waals surface area contributed by atoms with E-state index >= 15 is 0 Å². The van der Waals surface area contributed by atoms with E-state index in [-0.39, 0.29) is 22.1 Å². The van der Waals surface area contributed by atoms with Gasteiger partial charge in [-0.1, -0.05) is 29.5 Å². The van der Waals surface area contributed by atoms with Crippen LogP contribution in [-0.2, 0) is 0 Å². The standard InChI is InChI=1S/C23H15N3O5S/c1-28-17-12-8-9-30-18(12)20(29-2)19-15(17)16(27)13-10-14-21(25-22(13)31-19)26-23(32-14)24-11-6-4-3-5-7-11/h3-10H,1-2H3,(H,24,25,26). The molecule has 1 N–H and O–H groups in total. The molecule has 0 bridgehead atoms. The van der Waals surface area contributed by atoms with Gasteiger partial charge in [0.05, 0.1) is 36.0 Å². The molecule has 2 aromatic carbocycles. The second-order valence-electron chi connectivity index (χ2n) is 7.04. The summed E-state index contributed by atoms with van der Waals surface area (Å²) in [6.45, 7) is 0. The van der Waals surface area contributed by atoms with Crippen LogP contribution in [0.4, 0.5) is 10.8 Å². The van der Waals surface area contributed by atoms with E-state index in [1.807, 2.05) is 30.3 Å². The Kier molecular flexibility index (Phi) is 4.05. The van der Waals surface area contributed by atoms with Crippen molar-refractivity contribution in [3.63, 3.8) is 0 Å². The number of methoxy groups -OCH3 is 2. The summed E-state index contributed by atoms with van der Waals surface area (Å²) in [6.07, 6.45) is 1.51. The van der Waals surface area contributed by atoms with Crippen LogP contribution in [0.25, 0.3) is 43.4 Å². The normalized spacial score (nSPS) is 11.6. The van der Waals surface area contributed by atoms with Gasteiger partial charge in [0.15, 0.2) is 21.9 Å². The number of aromatic nitrogens is 2. The Morgan fingerprint density at radius 1 is 0.969 bits per heavy atom. The van der Waals surface area contributed by atoms with E-state index in [0.717, 1.165) is 10.4 Å². The predicted molar refractivity (Wildman–Crippen MR) is 124 cm³/mol. The third-order valence-corrected chi connectivity index (χ3v) is 6.13. The van der Waals surface area contributed by atoms with Gasteiger partial charge in [-0.05, 0) is 24.3 Å². The van der Waals surface area contributed by atoms with Crippen LogP contribution >= 0.6 is 11.3 Å². The van der Waals surface area contributed by atoms with Gasteiger partial charge in [0.1, 0.15) is 11.1 Å². The largest absolute Gasteiger partial charge is 0.495 e. The number of hydrogen-bond donors (Lipinski definition) is 1. The lowest BCUT2D eigenvalue weighted by Crippen LogP contribution is -2.06. The second-order valence-corrected chi connectivity index (χ2v) is 8.07. The van der Waals surface area contributed by atoms with Crippen molar-refractivity contribution in [3.8, 4) is 11.5 Å².